The largest absolute Gasteiger partial charge is 0.496 e. The van der Waals surface area contributed by atoms with Crippen LogP contribution in [-0.4, -0.2) is 18.3 Å². The SMILES string of the molecule is CCc1ccc(OC)c(/C=C/CCCC[C@@H](C)O)c1. The van der Waals surface area contributed by atoms with Gasteiger partial charge in [-0.1, -0.05) is 31.6 Å². The van der Waals surface area contributed by atoms with Gasteiger partial charge in [0, 0.05) is 5.56 Å². The molecule has 0 unspecified atom stereocenters. The van der Waals surface area contributed by atoms with E-state index in [4.69, 9.17) is 4.74 Å². The first-order valence-electron chi connectivity index (χ1n) is 7.19. The van der Waals surface area contributed by atoms with Crippen molar-refractivity contribution >= 4 is 6.08 Å². The molecule has 2 heteroatoms. The molecule has 1 aromatic carbocycles. The molecule has 0 saturated carbocycles. The van der Waals surface area contributed by atoms with E-state index < -0.39 is 0 Å². The van der Waals surface area contributed by atoms with Crippen LogP contribution in [0, 0.1) is 0 Å². The predicted octanol–water partition coefficient (Wildman–Crippen LogP) is 4.21. The average Bonchev–Trinajstić information content (AvgIpc) is 2.42. The number of methoxy groups -OCH3 is 1. The molecule has 0 spiro atoms. The molecule has 0 amide bonds. The maximum absolute atomic E-state index is 9.18. The van der Waals surface area contributed by atoms with Crippen LogP contribution >= 0.6 is 0 Å². The highest BCUT2D eigenvalue weighted by molar-refractivity contribution is 5.58. The maximum atomic E-state index is 9.18. The van der Waals surface area contributed by atoms with E-state index in [9.17, 15) is 5.11 Å². The molecule has 0 aliphatic heterocycles. The van der Waals surface area contributed by atoms with E-state index in [1.165, 1.54) is 5.56 Å². The molecule has 1 rings (SSSR count). The van der Waals surface area contributed by atoms with Crippen LogP contribution in [0.2, 0.25) is 0 Å². The number of hydrogen-bond donors (Lipinski definition) is 1. The summed E-state index contributed by atoms with van der Waals surface area (Å²) in [5.41, 5.74) is 2.48. The van der Waals surface area contributed by atoms with Crippen LogP contribution in [0.25, 0.3) is 6.08 Å². The normalized spacial score (nSPS) is 12.8. The Morgan fingerprint density at radius 1 is 1.32 bits per heavy atom. The van der Waals surface area contributed by atoms with E-state index in [0.717, 1.165) is 43.4 Å². The summed E-state index contributed by atoms with van der Waals surface area (Å²) in [4.78, 5) is 0. The highest BCUT2D eigenvalue weighted by Gasteiger charge is 2.00. The molecule has 19 heavy (non-hydrogen) atoms. The highest BCUT2D eigenvalue weighted by Crippen LogP contribution is 2.22. The fourth-order valence-corrected chi connectivity index (χ4v) is 2.05. The first kappa shape index (κ1) is 15.8. The zero-order valence-electron chi connectivity index (χ0n) is 12.4. The molecular formula is C17H26O2. The lowest BCUT2D eigenvalue weighted by Crippen LogP contribution is -1.97. The minimum absolute atomic E-state index is 0.176. The minimum Gasteiger partial charge on any atom is -0.496 e. The second kappa shape index (κ2) is 8.76. The van der Waals surface area contributed by atoms with Crippen molar-refractivity contribution < 1.29 is 9.84 Å². The zero-order chi connectivity index (χ0) is 14.1. The molecule has 1 atom stereocenters. The number of rotatable bonds is 8. The Labute approximate surface area is 117 Å². The van der Waals surface area contributed by atoms with Crippen LogP contribution < -0.4 is 4.74 Å². The summed E-state index contributed by atoms with van der Waals surface area (Å²) in [6.45, 7) is 4.00. The third-order valence-electron chi connectivity index (χ3n) is 3.24. The maximum Gasteiger partial charge on any atom is 0.126 e. The molecule has 0 aliphatic carbocycles. The Bertz CT molecular complexity index is 394. The second-order valence-corrected chi connectivity index (χ2v) is 4.97. The molecule has 0 heterocycles. The number of aliphatic hydroxyl groups excluding tert-OH is 1. The van der Waals surface area contributed by atoms with Crippen LogP contribution in [0.1, 0.15) is 50.7 Å². The van der Waals surface area contributed by atoms with Crippen LogP contribution in [0.15, 0.2) is 24.3 Å². The number of hydrogen-bond acceptors (Lipinski definition) is 2. The zero-order valence-corrected chi connectivity index (χ0v) is 12.4. The molecule has 1 N–H and O–H groups in total. The third kappa shape index (κ3) is 5.93. The van der Waals surface area contributed by atoms with Gasteiger partial charge in [0.15, 0.2) is 0 Å². The van der Waals surface area contributed by atoms with Crippen molar-refractivity contribution in [3.8, 4) is 5.75 Å². The first-order valence-corrected chi connectivity index (χ1v) is 7.19. The summed E-state index contributed by atoms with van der Waals surface area (Å²) < 4.78 is 5.37. The van der Waals surface area contributed by atoms with Crippen LogP contribution in [0.3, 0.4) is 0 Å². The van der Waals surface area contributed by atoms with Gasteiger partial charge in [-0.3, -0.25) is 0 Å². The Balaban J connectivity index is 2.50. The number of benzene rings is 1. The first-order chi connectivity index (χ1) is 9.17. The molecule has 2 nitrogen and oxygen atoms in total. The number of allylic oxidation sites excluding steroid dienone is 1. The van der Waals surface area contributed by atoms with Gasteiger partial charge in [-0.15, -0.1) is 0 Å². The van der Waals surface area contributed by atoms with Crippen molar-refractivity contribution in [2.45, 2.75) is 52.1 Å². The number of aliphatic hydroxyl groups is 1. The van der Waals surface area contributed by atoms with Gasteiger partial charge in [0.2, 0.25) is 0 Å². The van der Waals surface area contributed by atoms with Crippen molar-refractivity contribution in [2.24, 2.45) is 0 Å². The number of ether oxygens (including phenoxy) is 1. The van der Waals surface area contributed by atoms with Crippen LogP contribution in [-0.2, 0) is 6.42 Å². The van der Waals surface area contributed by atoms with E-state index >= 15 is 0 Å². The Morgan fingerprint density at radius 3 is 2.74 bits per heavy atom. The van der Waals surface area contributed by atoms with Crippen LogP contribution in [0.4, 0.5) is 0 Å². The number of unbranched alkanes of at least 4 members (excludes halogenated alkanes) is 2. The topological polar surface area (TPSA) is 29.5 Å². The lowest BCUT2D eigenvalue weighted by atomic mass is 10.1. The van der Waals surface area contributed by atoms with Crippen molar-refractivity contribution in [3.05, 3.63) is 35.4 Å². The second-order valence-electron chi connectivity index (χ2n) is 4.97. The predicted molar refractivity (Wildman–Crippen MR) is 81.6 cm³/mol. The third-order valence-corrected chi connectivity index (χ3v) is 3.24. The Kier molecular flexibility index (Phi) is 7.27. The monoisotopic (exact) mass is 262 g/mol. The molecule has 0 aliphatic rings. The van der Waals surface area contributed by atoms with Gasteiger partial charge in [0.25, 0.3) is 0 Å². The summed E-state index contributed by atoms with van der Waals surface area (Å²) in [6, 6.07) is 6.33. The molecule has 106 valence electrons. The summed E-state index contributed by atoms with van der Waals surface area (Å²) in [7, 11) is 1.71. The van der Waals surface area contributed by atoms with E-state index in [1.807, 2.05) is 13.0 Å². The molecule has 0 fully saturated rings. The van der Waals surface area contributed by atoms with Crippen molar-refractivity contribution in [2.75, 3.05) is 7.11 Å². The van der Waals surface area contributed by atoms with Gasteiger partial charge in [0.05, 0.1) is 13.2 Å². The quantitative estimate of drug-likeness (QED) is 0.711. The molecular weight excluding hydrogens is 236 g/mol. The van der Waals surface area contributed by atoms with Crippen LogP contribution in [0.5, 0.6) is 5.75 Å². The Hall–Kier alpha value is -1.28. The van der Waals surface area contributed by atoms with Gasteiger partial charge in [-0.05, 0) is 50.3 Å². The molecule has 0 saturated heterocycles. The molecule has 0 aromatic heterocycles. The van der Waals surface area contributed by atoms with Crippen molar-refractivity contribution in [3.63, 3.8) is 0 Å². The summed E-state index contributed by atoms with van der Waals surface area (Å²) in [5.74, 6) is 0.928. The molecule has 0 bridgehead atoms. The fourth-order valence-electron chi connectivity index (χ4n) is 2.05. The van der Waals surface area contributed by atoms with Crippen molar-refractivity contribution in [1.29, 1.82) is 0 Å². The fraction of sp³-hybridized carbons (Fsp3) is 0.529. The molecule has 1 aromatic rings. The van der Waals surface area contributed by atoms with Gasteiger partial charge >= 0.3 is 0 Å². The average molecular weight is 262 g/mol. The van der Waals surface area contributed by atoms with Gasteiger partial charge in [0.1, 0.15) is 5.75 Å². The van der Waals surface area contributed by atoms with Gasteiger partial charge in [-0.2, -0.15) is 0 Å². The lowest BCUT2D eigenvalue weighted by Gasteiger charge is -2.07. The smallest absolute Gasteiger partial charge is 0.126 e. The number of aryl methyl sites for hydroxylation is 1. The lowest BCUT2D eigenvalue weighted by molar-refractivity contribution is 0.181. The van der Waals surface area contributed by atoms with E-state index in [1.54, 1.807) is 7.11 Å². The Morgan fingerprint density at radius 2 is 2.11 bits per heavy atom. The van der Waals surface area contributed by atoms with E-state index in [2.05, 4.69) is 31.2 Å². The van der Waals surface area contributed by atoms with Gasteiger partial charge < -0.3 is 9.84 Å². The van der Waals surface area contributed by atoms with Gasteiger partial charge in [-0.25, -0.2) is 0 Å². The summed E-state index contributed by atoms with van der Waals surface area (Å²) >= 11 is 0. The highest BCUT2D eigenvalue weighted by atomic mass is 16.5. The van der Waals surface area contributed by atoms with E-state index in [-0.39, 0.29) is 6.10 Å². The van der Waals surface area contributed by atoms with E-state index in [0.29, 0.717) is 0 Å². The minimum atomic E-state index is -0.176. The summed E-state index contributed by atoms with van der Waals surface area (Å²) in [5, 5.41) is 9.18. The molecule has 0 radical (unpaired) electrons. The summed E-state index contributed by atoms with van der Waals surface area (Å²) in [6.07, 6.45) is 9.34. The standard InChI is InChI=1S/C17H26O2/c1-4-15-11-12-17(19-3)16(13-15)10-8-6-5-7-9-14(2)18/h8,10-14,18H,4-7,9H2,1-3H3/b10-8+/t14-/m1/s1. The van der Waals surface area contributed by atoms with Crippen molar-refractivity contribution in [1.82, 2.24) is 0 Å².